The fraction of sp³-hybridized carbons (Fsp3) is 0.250. The molecule has 15 heteroatoms. The van der Waals surface area contributed by atoms with Crippen LogP contribution in [-0.2, 0) is 11.1 Å². The first kappa shape index (κ1) is 30.0. The van der Waals surface area contributed by atoms with E-state index in [0.717, 1.165) is 30.5 Å². The molecule has 0 saturated carbocycles. The van der Waals surface area contributed by atoms with E-state index in [-0.39, 0.29) is 11.1 Å². The first-order chi connectivity index (χ1) is 20.1. The number of aromatic nitrogens is 2. The van der Waals surface area contributed by atoms with Gasteiger partial charge in [-0.15, -0.1) is 0 Å². The highest BCUT2D eigenvalue weighted by atomic mass is 19.4. The number of ether oxygens (including phenoxy) is 2. The number of aliphatic hydroxyl groups is 1. The summed E-state index contributed by atoms with van der Waals surface area (Å²) in [5, 5.41) is 13.4. The molecule has 0 unspecified atom stereocenters. The number of hydrogen-bond donors (Lipinski definition) is 3. The second kappa shape index (κ2) is 10.3. The molecule has 5 rings (SSSR count). The maximum absolute atomic E-state index is 14.5. The molecule has 8 nitrogen and oxygen atoms in total. The molecule has 0 saturated heterocycles. The quantitative estimate of drug-likeness (QED) is 0.270. The number of fused-ring (bicyclic) bond motifs is 2. The van der Waals surface area contributed by atoms with Crippen molar-refractivity contribution in [2.24, 2.45) is 5.73 Å². The number of nitrogens with two attached hydrogens (primary N) is 1. The third-order valence-electron chi connectivity index (χ3n) is 7.07. The van der Waals surface area contributed by atoms with Crippen molar-refractivity contribution in [3.8, 4) is 22.8 Å². The number of nitrogens with zero attached hydrogens (tertiary/aromatic N) is 2. The predicted octanol–water partition coefficient (Wildman–Crippen LogP) is 4.73. The average Bonchev–Trinajstić information content (AvgIpc) is 3.32. The number of hydrogen-bond acceptors (Lipinski definition) is 7. The van der Waals surface area contributed by atoms with Gasteiger partial charge in [-0.3, -0.25) is 9.78 Å². The molecular formula is C28H21F7N4O4. The van der Waals surface area contributed by atoms with Crippen molar-refractivity contribution in [1.82, 2.24) is 15.3 Å². The van der Waals surface area contributed by atoms with E-state index in [0.29, 0.717) is 22.7 Å². The van der Waals surface area contributed by atoms with E-state index in [4.69, 9.17) is 15.2 Å². The normalized spacial score (nSPS) is 18.1. The average molecular weight is 610 g/mol. The Kier molecular flexibility index (Phi) is 7.21. The van der Waals surface area contributed by atoms with Gasteiger partial charge in [-0.25, -0.2) is 9.37 Å². The first-order valence-electron chi connectivity index (χ1n) is 12.4. The van der Waals surface area contributed by atoms with Gasteiger partial charge in [0, 0.05) is 22.7 Å². The molecule has 43 heavy (non-hydrogen) atoms. The number of benzene rings is 2. The molecule has 4 N–H and O–H groups in total. The maximum Gasteiger partial charge on any atom is 0.424 e. The Morgan fingerprint density at radius 3 is 2.44 bits per heavy atom. The van der Waals surface area contributed by atoms with E-state index in [2.05, 4.69) is 9.97 Å². The van der Waals surface area contributed by atoms with E-state index in [1.165, 1.54) is 13.2 Å². The number of halogens is 7. The lowest BCUT2D eigenvalue weighted by molar-refractivity contribution is -0.265. The molecule has 0 radical (unpaired) electrons. The molecule has 2 atom stereocenters. The molecule has 4 aromatic rings. The summed E-state index contributed by atoms with van der Waals surface area (Å²) < 4.78 is 110. The van der Waals surface area contributed by atoms with Crippen molar-refractivity contribution in [2.75, 3.05) is 20.3 Å². The van der Waals surface area contributed by atoms with Crippen molar-refractivity contribution in [3.63, 3.8) is 0 Å². The highest BCUT2D eigenvalue weighted by Crippen LogP contribution is 2.51. The number of carbonyl (C=O) groups excluding carboxylic acids is 1. The van der Waals surface area contributed by atoms with Gasteiger partial charge in [-0.05, 0) is 42.5 Å². The van der Waals surface area contributed by atoms with Gasteiger partial charge < -0.3 is 25.6 Å². The summed E-state index contributed by atoms with van der Waals surface area (Å²) in [6.07, 6.45) is -9.67. The fourth-order valence-corrected chi connectivity index (χ4v) is 4.59. The van der Waals surface area contributed by atoms with Gasteiger partial charge in [-0.2, -0.15) is 26.3 Å². The van der Waals surface area contributed by atoms with Crippen LogP contribution >= 0.6 is 0 Å². The number of carbonyl (C=O) groups is 1. The monoisotopic (exact) mass is 610 g/mol. The van der Waals surface area contributed by atoms with Gasteiger partial charge >= 0.3 is 12.4 Å². The van der Waals surface area contributed by atoms with Crippen LogP contribution in [0, 0.1) is 5.82 Å². The number of methoxy groups -OCH3 is 1. The summed E-state index contributed by atoms with van der Waals surface area (Å²) >= 11 is 0. The number of nitrogens with one attached hydrogen (secondary N) is 1. The second-order valence-electron chi connectivity index (χ2n) is 9.79. The molecule has 0 aliphatic carbocycles. The van der Waals surface area contributed by atoms with Crippen LogP contribution < -0.4 is 20.5 Å². The van der Waals surface area contributed by atoms with Crippen molar-refractivity contribution in [2.45, 2.75) is 23.5 Å². The Balaban J connectivity index is 1.58. The lowest BCUT2D eigenvalue weighted by Crippen LogP contribution is -2.53. The van der Waals surface area contributed by atoms with Crippen molar-refractivity contribution >= 4 is 16.8 Å². The highest BCUT2D eigenvalue weighted by Gasteiger charge is 2.61. The number of rotatable bonds is 6. The molecule has 2 aromatic carbocycles. The van der Waals surface area contributed by atoms with Crippen LogP contribution in [0.4, 0.5) is 30.7 Å². The van der Waals surface area contributed by atoms with Crippen LogP contribution in [-0.4, -0.2) is 53.6 Å². The first-order valence-corrected chi connectivity index (χ1v) is 12.4. The standard InChI is InChI=1S/C28H21F7N4O4/c1-42-19-4-2-3-15-9-16(11-37-21(15)19)24(40)38-12-26(41,28(33,34)35)20-10-18-23(43-13-25(18,36)27(30,31)32)22(39-20)14-5-7-17(29)8-6-14/h2-11,41H,12-13,36H2,1H3,(H,38,40)/t25-,26-/m0/s1. The zero-order valence-electron chi connectivity index (χ0n) is 22.0. The largest absolute Gasteiger partial charge is 0.494 e. The third kappa shape index (κ3) is 5.07. The van der Waals surface area contributed by atoms with Crippen LogP contribution in [0.3, 0.4) is 0 Å². The van der Waals surface area contributed by atoms with Gasteiger partial charge in [-0.1, -0.05) is 12.1 Å². The summed E-state index contributed by atoms with van der Waals surface area (Å²) in [7, 11) is 1.40. The molecule has 226 valence electrons. The van der Waals surface area contributed by atoms with Crippen LogP contribution in [0.15, 0.2) is 60.8 Å². The van der Waals surface area contributed by atoms with Gasteiger partial charge in [0.1, 0.15) is 29.4 Å². The minimum absolute atomic E-state index is 0.114. The summed E-state index contributed by atoms with van der Waals surface area (Å²) in [5.74, 6) is -2.01. The van der Waals surface area contributed by atoms with Crippen LogP contribution in [0.2, 0.25) is 0 Å². The SMILES string of the molecule is COc1cccc2cc(C(=O)NC[C@](O)(c3cc4c(c(-c5ccc(F)cc5)n3)OC[C@@]4(N)C(F)(F)F)C(F)(F)F)cnc12. The summed E-state index contributed by atoms with van der Waals surface area (Å²) in [6, 6.07) is 10.4. The number of amides is 1. The Bertz CT molecular complexity index is 1710. The van der Waals surface area contributed by atoms with Crippen LogP contribution in [0.1, 0.15) is 21.6 Å². The summed E-state index contributed by atoms with van der Waals surface area (Å²) in [4.78, 5) is 20.8. The number of alkyl halides is 6. The molecule has 0 spiro atoms. The van der Waals surface area contributed by atoms with Gasteiger partial charge in [0.05, 0.1) is 24.9 Å². The molecule has 0 fully saturated rings. The fourth-order valence-electron chi connectivity index (χ4n) is 4.59. The van der Waals surface area contributed by atoms with E-state index >= 15 is 0 Å². The van der Waals surface area contributed by atoms with E-state index in [1.54, 1.807) is 18.2 Å². The van der Waals surface area contributed by atoms with Gasteiger partial charge in [0.15, 0.2) is 11.3 Å². The second-order valence-corrected chi connectivity index (χ2v) is 9.79. The minimum atomic E-state index is -5.56. The lowest BCUT2D eigenvalue weighted by atomic mass is 9.87. The molecule has 2 aromatic heterocycles. The van der Waals surface area contributed by atoms with Crippen LogP contribution in [0.5, 0.6) is 11.5 Å². The maximum atomic E-state index is 14.5. The summed E-state index contributed by atoms with van der Waals surface area (Å²) in [6.45, 7) is -2.74. The molecule has 3 heterocycles. The zero-order chi connectivity index (χ0) is 31.4. The van der Waals surface area contributed by atoms with E-state index in [1.807, 2.05) is 5.32 Å². The topological polar surface area (TPSA) is 120 Å². The Hall–Kier alpha value is -4.50. The Labute approximate surface area is 238 Å². The smallest absolute Gasteiger partial charge is 0.424 e. The summed E-state index contributed by atoms with van der Waals surface area (Å²) in [5.41, 5.74) is -4.34. The molecule has 1 aliphatic heterocycles. The van der Waals surface area contributed by atoms with Crippen molar-refractivity contribution < 1.29 is 50.1 Å². The number of pyridine rings is 2. The van der Waals surface area contributed by atoms with Gasteiger partial charge in [0.2, 0.25) is 5.60 Å². The zero-order valence-corrected chi connectivity index (χ0v) is 22.0. The Morgan fingerprint density at radius 2 is 1.81 bits per heavy atom. The lowest BCUT2D eigenvalue weighted by Gasteiger charge is -2.32. The molecular weight excluding hydrogens is 589 g/mol. The highest BCUT2D eigenvalue weighted by molar-refractivity contribution is 5.98. The minimum Gasteiger partial charge on any atom is -0.494 e. The van der Waals surface area contributed by atoms with Crippen molar-refractivity contribution in [1.29, 1.82) is 0 Å². The van der Waals surface area contributed by atoms with E-state index < -0.39 is 71.1 Å². The Morgan fingerprint density at radius 1 is 1.12 bits per heavy atom. The molecule has 1 amide bonds. The third-order valence-corrected chi connectivity index (χ3v) is 7.07. The van der Waals surface area contributed by atoms with Gasteiger partial charge in [0.25, 0.3) is 5.91 Å². The van der Waals surface area contributed by atoms with Crippen molar-refractivity contribution in [3.05, 3.63) is 83.4 Å². The molecule has 0 bridgehead atoms. The number of para-hydroxylation sites is 1. The predicted molar refractivity (Wildman–Crippen MR) is 138 cm³/mol. The van der Waals surface area contributed by atoms with Crippen LogP contribution in [0.25, 0.3) is 22.2 Å². The van der Waals surface area contributed by atoms with E-state index in [9.17, 15) is 40.6 Å². The molecule has 1 aliphatic rings.